The molecule has 3 rings (SSSR count). The Morgan fingerprint density at radius 1 is 1.33 bits per heavy atom. The summed E-state index contributed by atoms with van der Waals surface area (Å²) in [4.78, 5) is 0. The summed E-state index contributed by atoms with van der Waals surface area (Å²) in [5.41, 5.74) is 3.48. The second kappa shape index (κ2) is 6.81. The number of nitriles is 1. The molecule has 2 aromatic rings. The number of nitrogens with one attached hydrogen (secondary N) is 1. The van der Waals surface area contributed by atoms with Gasteiger partial charge in [0.25, 0.3) is 0 Å². The molecule has 0 saturated carbocycles. The highest BCUT2D eigenvalue weighted by molar-refractivity contribution is 5.56. The number of hydrogen-bond donors (Lipinski definition) is 1. The van der Waals surface area contributed by atoms with Crippen LogP contribution in [0.15, 0.2) is 12.1 Å². The molecule has 0 spiro atoms. The monoisotopic (exact) mass is 328 g/mol. The van der Waals surface area contributed by atoms with Gasteiger partial charge in [-0.05, 0) is 43.5 Å². The van der Waals surface area contributed by atoms with Crippen LogP contribution >= 0.6 is 0 Å². The Bertz CT molecular complexity index is 817. The van der Waals surface area contributed by atoms with E-state index < -0.39 is 0 Å². The van der Waals surface area contributed by atoms with Gasteiger partial charge in [0.1, 0.15) is 23.2 Å². The van der Waals surface area contributed by atoms with Crippen LogP contribution < -0.4 is 10.1 Å². The van der Waals surface area contributed by atoms with Gasteiger partial charge in [-0.15, -0.1) is 5.10 Å². The van der Waals surface area contributed by atoms with Gasteiger partial charge >= 0.3 is 0 Å². The molecule has 1 aliphatic rings. The molecule has 1 aromatic carbocycles. The molecule has 0 amide bonds. The average molecular weight is 328 g/mol. The summed E-state index contributed by atoms with van der Waals surface area (Å²) in [7, 11) is 0. The summed E-state index contributed by atoms with van der Waals surface area (Å²) in [5.74, 6) is 0.799. The van der Waals surface area contributed by atoms with Crippen LogP contribution in [0.1, 0.15) is 27.9 Å². The zero-order chi connectivity index (χ0) is 17.1. The molecule has 7 heteroatoms. The highest BCUT2D eigenvalue weighted by Crippen LogP contribution is 2.29. The van der Waals surface area contributed by atoms with Gasteiger partial charge in [-0.3, -0.25) is 0 Å². The minimum atomic E-state index is -0.318. The molecule has 1 aliphatic heterocycles. The molecular formula is C17H17FN4O2. The van der Waals surface area contributed by atoms with E-state index in [0.29, 0.717) is 42.3 Å². The third-order valence-corrected chi connectivity index (χ3v) is 4.00. The molecule has 0 unspecified atom stereocenters. The van der Waals surface area contributed by atoms with E-state index >= 15 is 0 Å². The molecule has 24 heavy (non-hydrogen) atoms. The average Bonchev–Trinajstić information content (AvgIpc) is 2.58. The largest absolute Gasteiger partial charge is 0.467 e. The lowest BCUT2D eigenvalue weighted by Crippen LogP contribution is -2.16. The van der Waals surface area contributed by atoms with Gasteiger partial charge in [0.05, 0.1) is 12.3 Å². The zero-order valence-electron chi connectivity index (χ0n) is 13.5. The SMILES string of the molecule is Cc1nnc(NCCc2cc(F)cc3c2OCOC3)c(C#N)c1C. The van der Waals surface area contributed by atoms with E-state index in [-0.39, 0.29) is 12.6 Å². The fraction of sp³-hybridized carbons (Fsp3) is 0.353. The standard InChI is InChI=1S/C17H17FN4O2/c1-10-11(2)21-22-17(15(10)7-19)20-4-3-12-5-14(18)6-13-8-23-9-24-16(12)13/h5-6H,3-4,8-9H2,1-2H3,(H,20,22). The van der Waals surface area contributed by atoms with Crippen molar-refractivity contribution in [1.29, 1.82) is 5.26 Å². The number of ether oxygens (including phenoxy) is 2. The van der Waals surface area contributed by atoms with E-state index in [0.717, 1.165) is 16.8 Å². The zero-order valence-corrected chi connectivity index (χ0v) is 13.5. The van der Waals surface area contributed by atoms with E-state index in [1.54, 1.807) is 0 Å². The molecule has 0 atom stereocenters. The second-order valence-corrected chi connectivity index (χ2v) is 5.59. The minimum absolute atomic E-state index is 0.167. The molecule has 0 aliphatic carbocycles. The molecule has 0 radical (unpaired) electrons. The highest BCUT2D eigenvalue weighted by Gasteiger charge is 2.17. The lowest BCUT2D eigenvalue weighted by atomic mass is 10.1. The van der Waals surface area contributed by atoms with Gasteiger partial charge in [-0.25, -0.2) is 4.39 Å². The Labute approximate surface area is 139 Å². The molecule has 6 nitrogen and oxygen atoms in total. The molecule has 1 aromatic heterocycles. The number of anilines is 1. The van der Waals surface area contributed by atoms with Crippen LogP contribution in [0, 0.1) is 31.0 Å². The first-order chi connectivity index (χ1) is 11.6. The predicted octanol–water partition coefficient (Wildman–Crippen LogP) is 2.63. The van der Waals surface area contributed by atoms with E-state index in [2.05, 4.69) is 21.6 Å². The van der Waals surface area contributed by atoms with Crippen molar-refractivity contribution in [2.45, 2.75) is 26.9 Å². The smallest absolute Gasteiger partial charge is 0.189 e. The quantitative estimate of drug-likeness (QED) is 0.929. The molecule has 0 saturated heterocycles. The van der Waals surface area contributed by atoms with Crippen LogP contribution in [0.5, 0.6) is 5.75 Å². The van der Waals surface area contributed by atoms with Gasteiger partial charge in [0.2, 0.25) is 0 Å². The third kappa shape index (κ3) is 3.14. The van der Waals surface area contributed by atoms with Gasteiger partial charge in [0.15, 0.2) is 12.6 Å². The summed E-state index contributed by atoms with van der Waals surface area (Å²) in [6.45, 7) is 4.64. The van der Waals surface area contributed by atoms with Crippen molar-refractivity contribution in [2.24, 2.45) is 0 Å². The van der Waals surface area contributed by atoms with Crippen LogP contribution in [0.2, 0.25) is 0 Å². The summed E-state index contributed by atoms with van der Waals surface area (Å²) >= 11 is 0. The van der Waals surface area contributed by atoms with E-state index in [1.165, 1.54) is 12.1 Å². The van der Waals surface area contributed by atoms with Gasteiger partial charge in [-0.1, -0.05) is 0 Å². The van der Waals surface area contributed by atoms with Crippen LogP contribution in [-0.2, 0) is 17.8 Å². The Hall–Kier alpha value is -2.72. The van der Waals surface area contributed by atoms with E-state index in [9.17, 15) is 9.65 Å². The minimum Gasteiger partial charge on any atom is -0.467 e. The number of aromatic nitrogens is 2. The first-order valence-corrected chi connectivity index (χ1v) is 7.60. The van der Waals surface area contributed by atoms with E-state index in [1.807, 2.05) is 13.8 Å². The number of aryl methyl sites for hydroxylation is 1. The maximum atomic E-state index is 13.7. The summed E-state index contributed by atoms with van der Waals surface area (Å²) in [6, 6.07) is 5.03. The van der Waals surface area contributed by atoms with Crippen molar-refractivity contribution in [3.63, 3.8) is 0 Å². The summed E-state index contributed by atoms with van der Waals surface area (Å²) < 4.78 is 24.4. The second-order valence-electron chi connectivity index (χ2n) is 5.59. The number of nitrogens with zero attached hydrogens (tertiary/aromatic N) is 3. The first-order valence-electron chi connectivity index (χ1n) is 7.60. The van der Waals surface area contributed by atoms with Crippen molar-refractivity contribution in [2.75, 3.05) is 18.7 Å². The molecule has 1 N–H and O–H groups in total. The molecule has 124 valence electrons. The molecular weight excluding hydrogens is 311 g/mol. The fourth-order valence-corrected chi connectivity index (χ4v) is 2.63. The maximum absolute atomic E-state index is 13.7. The van der Waals surface area contributed by atoms with Crippen molar-refractivity contribution in [1.82, 2.24) is 10.2 Å². The lowest BCUT2D eigenvalue weighted by molar-refractivity contribution is -0.0172. The normalized spacial score (nSPS) is 12.9. The highest BCUT2D eigenvalue weighted by atomic mass is 19.1. The van der Waals surface area contributed by atoms with Gasteiger partial charge < -0.3 is 14.8 Å². The van der Waals surface area contributed by atoms with Crippen molar-refractivity contribution >= 4 is 5.82 Å². The molecule has 2 heterocycles. The molecule has 0 fully saturated rings. The summed E-state index contributed by atoms with van der Waals surface area (Å²) in [5, 5.41) is 20.5. The number of fused-ring (bicyclic) bond motifs is 1. The van der Waals surface area contributed by atoms with E-state index in [4.69, 9.17) is 9.47 Å². The number of benzene rings is 1. The Morgan fingerprint density at radius 2 is 2.17 bits per heavy atom. The van der Waals surface area contributed by atoms with Crippen molar-refractivity contribution < 1.29 is 13.9 Å². The fourth-order valence-electron chi connectivity index (χ4n) is 2.63. The van der Waals surface area contributed by atoms with Crippen molar-refractivity contribution in [3.8, 4) is 11.8 Å². The number of halogens is 1. The Kier molecular flexibility index (Phi) is 4.58. The number of hydrogen-bond acceptors (Lipinski definition) is 6. The Balaban J connectivity index is 1.75. The third-order valence-electron chi connectivity index (χ3n) is 4.00. The van der Waals surface area contributed by atoms with Crippen LogP contribution in [-0.4, -0.2) is 23.5 Å². The maximum Gasteiger partial charge on any atom is 0.189 e. The van der Waals surface area contributed by atoms with Crippen molar-refractivity contribution in [3.05, 3.63) is 45.9 Å². The molecule has 0 bridgehead atoms. The van der Waals surface area contributed by atoms with Crippen LogP contribution in [0.25, 0.3) is 0 Å². The first kappa shape index (κ1) is 16.1. The lowest BCUT2D eigenvalue weighted by Gasteiger charge is -2.21. The van der Waals surface area contributed by atoms with Crippen LogP contribution in [0.4, 0.5) is 10.2 Å². The van der Waals surface area contributed by atoms with Gasteiger partial charge in [0, 0.05) is 12.1 Å². The number of rotatable bonds is 4. The summed E-state index contributed by atoms with van der Waals surface area (Å²) in [6.07, 6.45) is 0.527. The predicted molar refractivity (Wildman–Crippen MR) is 85.1 cm³/mol. The van der Waals surface area contributed by atoms with Crippen LogP contribution in [0.3, 0.4) is 0 Å². The van der Waals surface area contributed by atoms with Gasteiger partial charge in [-0.2, -0.15) is 10.4 Å². The topological polar surface area (TPSA) is 80.1 Å². The Morgan fingerprint density at radius 3 is 2.96 bits per heavy atom.